The summed E-state index contributed by atoms with van der Waals surface area (Å²) in [6, 6.07) is 9.65. The molecule has 110 valence electrons. The van der Waals surface area contributed by atoms with Crippen molar-refractivity contribution in [2.45, 2.75) is 6.54 Å². The van der Waals surface area contributed by atoms with Crippen LogP contribution < -0.4 is 5.73 Å². The van der Waals surface area contributed by atoms with Crippen molar-refractivity contribution in [1.82, 2.24) is 15.0 Å². The lowest BCUT2D eigenvalue weighted by atomic mass is 10.2. The van der Waals surface area contributed by atoms with Gasteiger partial charge in [-0.1, -0.05) is 35.6 Å². The maximum Gasteiger partial charge on any atom is 0.269 e. The van der Waals surface area contributed by atoms with Gasteiger partial charge in [-0.3, -0.25) is 9.80 Å². The van der Waals surface area contributed by atoms with Crippen LogP contribution in [0.3, 0.4) is 0 Å². The highest BCUT2D eigenvalue weighted by Gasteiger charge is 2.11. The van der Waals surface area contributed by atoms with Crippen LogP contribution in [0, 0.1) is 0 Å². The Kier molecular flexibility index (Phi) is 4.99. The van der Waals surface area contributed by atoms with E-state index in [0.29, 0.717) is 13.1 Å². The van der Waals surface area contributed by atoms with E-state index in [-0.39, 0.29) is 18.1 Å². The minimum absolute atomic E-state index is 0.0604. The van der Waals surface area contributed by atoms with Gasteiger partial charge in [0.15, 0.2) is 5.69 Å². The van der Waals surface area contributed by atoms with Crippen molar-refractivity contribution in [3.8, 4) is 0 Å². The monoisotopic (exact) mass is 288 g/mol. The second kappa shape index (κ2) is 7.15. The molecule has 0 aliphatic carbocycles. The number of nitrogens with zero attached hydrogens (tertiary/aromatic N) is 4. The van der Waals surface area contributed by atoms with Gasteiger partial charge in [0.05, 0.1) is 26.0 Å². The van der Waals surface area contributed by atoms with Gasteiger partial charge in [-0.05, 0) is 5.56 Å². The Morgan fingerprint density at radius 3 is 2.81 bits per heavy atom. The summed E-state index contributed by atoms with van der Waals surface area (Å²) in [5.74, 6) is -0.531. The average Bonchev–Trinajstić information content (AvgIpc) is 2.95. The first-order chi connectivity index (χ1) is 10.2. The number of primary amides is 1. The molecule has 8 heteroatoms. The maximum absolute atomic E-state index is 11.1. The molecular weight excluding hydrogens is 272 g/mol. The number of benzene rings is 1. The Morgan fingerprint density at radius 2 is 2.14 bits per heavy atom. The van der Waals surface area contributed by atoms with Gasteiger partial charge in [0.25, 0.3) is 5.91 Å². The van der Waals surface area contributed by atoms with E-state index >= 15 is 0 Å². The molecule has 21 heavy (non-hydrogen) atoms. The number of aromatic nitrogens is 2. The van der Waals surface area contributed by atoms with Gasteiger partial charge >= 0.3 is 0 Å². The molecule has 1 heterocycles. The molecule has 0 atom stereocenters. The molecule has 1 aromatic carbocycles. The van der Waals surface area contributed by atoms with Crippen LogP contribution >= 0.6 is 0 Å². The summed E-state index contributed by atoms with van der Waals surface area (Å²) in [7, 11) is 0. The zero-order valence-corrected chi connectivity index (χ0v) is 11.3. The van der Waals surface area contributed by atoms with Crippen molar-refractivity contribution < 1.29 is 9.90 Å². The van der Waals surface area contributed by atoms with Crippen molar-refractivity contribution in [3.63, 3.8) is 0 Å². The van der Waals surface area contributed by atoms with Gasteiger partial charge in [-0.25, -0.2) is 4.98 Å². The normalized spacial score (nSPS) is 10.9. The molecule has 0 radical (unpaired) electrons. The molecule has 0 saturated carbocycles. The van der Waals surface area contributed by atoms with E-state index in [1.54, 1.807) is 5.01 Å². The van der Waals surface area contributed by atoms with Crippen molar-refractivity contribution >= 4 is 11.7 Å². The Labute approximate surface area is 121 Å². The fourth-order valence-corrected chi connectivity index (χ4v) is 1.71. The fourth-order valence-electron chi connectivity index (χ4n) is 1.71. The highest BCUT2D eigenvalue weighted by molar-refractivity contribution is 5.94. The van der Waals surface area contributed by atoms with E-state index in [1.807, 2.05) is 30.3 Å². The first-order valence-electron chi connectivity index (χ1n) is 6.35. The molecule has 0 fully saturated rings. The first kappa shape index (κ1) is 14.7. The SMILES string of the molecule is NC(=O)c1[nH]cnc1N=NN(CCO)Cc1ccccc1. The quantitative estimate of drug-likeness (QED) is 0.520. The third-order valence-electron chi connectivity index (χ3n) is 2.70. The van der Waals surface area contributed by atoms with E-state index in [2.05, 4.69) is 20.3 Å². The van der Waals surface area contributed by atoms with Crippen LogP contribution in [0.2, 0.25) is 0 Å². The highest BCUT2D eigenvalue weighted by Crippen LogP contribution is 2.14. The molecule has 4 N–H and O–H groups in total. The lowest BCUT2D eigenvalue weighted by molar-refractivity contribution is 0.0996. The van der Waals surface area contributed by atoms with Crippen LogP contribution in [0.5, 0.6) is 0 Å². The number of nitrogens with two attached hydrogens (primary N) is 1. The number of aliphatic hydroxyl groups is 1. The Bertz CT molecular complexity index is 610. The van der Waals surface area contributed by atoms with Gasteiger partial charge in [-0.15, -0.1) is 5.11 Å². The summed E-state index contributed by atoms with van der Waals surface area (Å²) in [6.07, 6.45) is 1.32. The minimum atomic E-state index is -0.654. The third-order valence-corrected chi connectivity index (χ3v) is 2.70. The van der Waals surface area contributed by atoms with Crippen molar-refractivity contribution in [2.24, 2.45) is 16.1 Å². The van der Waals surface area contributed by atoms with Crippen molar-refractivity contribution in [2.75, 3.05) is 13.2 Å². The molecule has 1 amide bonds. The zero-order valence-electron chi connectivity index (χ0n) is 11.3. The molecule has 0 unspecified atom stereocenters. The predicted octanol–water partition coefficient (Wildman–Crippen LogP) is 1.00. The molecule has 0 saturated heterocycles. The number of nitrogens with one attached hydrogen (secondary N) is 1. The molecule has 1 aromatic heterocycles. The number of aromatic amines is 1. The van der Waals surface area contributed by atoms with E-state index in [4.69, 9.17) is 10.8 Å². The summed E-state index contributed by atoms with van der Waals surface area (Å²) in [5.41, 5.74) is 6.31. The van der Waals surface area contributed by atoms with Crippen LogP contribution in [0.1, 0.15) is 16.1 Å². The first-order valence-corrected chi connectivity index (χ1v) is 6.35. The molecule has 0 bridgehead atoms. The second-order valence-electron chi connectivity index (χ2n) is 4.25. The molecule has 0 aliphatic rings. The van der Waals surface area contributed by atoms with Crippen LogP contribution in [0.25, 0.3) is 0 Å². The largest absolute Gasteiger partial charge is 0.394 e. The number of hydrogen-bond donors (Lipinski definition) is 3. The van der Waals surface area contributed by atoms with Gasteiger partial charge in [0, 0.05) is 0 Å². The zero-order chi connectivity index (χ0) is 15.1. The smallest absolute Gasteiger partial charge is 0.269 e. The number of H-pyrrole nitrogens is 1. The fraction of sp³-hybridized carbons (Fsp3) is 0.231. The number of amides is 1. The summed E-state index contributed by atoms with van der Waals surface area (Å²) < 4.78 is 0. The lowest BCUT2D eigenvalue weighted by Gasteiger charge is -2.16. The van der Waals surface area contributed by atoms with E-state index in [0.717, 1.165) is 5.56 Å². The standard InChI is InChI=1S/C13H16N6O2/c14-12(21)11-13(16-9-15-11)17-18-19(6-7-20)8-10-4-2-1-3-5-10/h1-5,9,20H,6-8H2,(H2,14,21)(H,15,16). The van der Waals surface area contributed by atoms with Crippen LogP contribution in [-0.2, 0) is 6.54 Å². The van der Waals surface area contributed by atoms with Gasteiger partial charge in [0.2, 0.25) is 5.82 Å². The Balaban J connectivity index is 2.10. The topological polar surface area (TPSA) is 120 Å². The van der Waals surface area contributed by atoms with E-state index in [9.17, 15) is 4.79 Å². The van der Waals surface area contributed by atoms with Gasteiger partial charge in [0.1, 0.15) is 0 Å². The van der Waals surface area contributed by atoms with E-state index < -0.39 is 5.91 Å². The summed E-state index contributed by atoms with van der Waals surface area (Å²) in [5, 5.41) is 18.6. The maximum atomic E-state index is 11.1. The Hall–Kier alpha value is -2.74. The van der Waals surface area contributed by atoms with E-state index in [1.165, 1.54) is 6.33 Å². The van der Waals surface area contributed by atoms with Crippen LogP contribution in [-0.4, -0.2) is 39.1 Å². The molecular formula is C13H16N6O2. The lowest BCUT2D eigenvalue weighted by Crippen LogP contribution is -2.20. The van der Waals surface area contributed by atoms with Crippen LogP contribution in [0.15, 0.2) is 47.0 Å². The Morgan fingerprint density at radius 1 is 1.38 bits per heavy atom. The summed E-state index contributed by atoms with van der Waals surface area (Å²) >= 11 is 0. The number of rotatable bonds is 7. The third kappa shape index (κ3) is 4.11. The number of aliphatic hydroxyl groups excluding tert-OH is 1. The molecule has 2 rings (SSSR count). The molecule has 8 nitrogen and oxygen atoms in total. The predicted molar refractivity (Wildman–Crippen MR) is 75.6 cm³/mol. The number of carbonyl (C=O) groups is 1. The number of imidazole rings is 1. The number of hydrogen-bond acceptors (Lipinski definition) is 5. The average molecular weight is 288 g/mol. The summed E-state index contributed by atoms with van der Waals surface area (Å²) in [4.78, 5) is 17.6. The molecule has 2 aromatic rings. The minimum Gasteiger partial charge on any atom is -0.394 e. The van der Waals surface area contributed by atoms with Crippen molar-refractivity contribution in [1.29, 1.82) is 0 Å². The second-order valence-corrected chi connectivity index (χ2v) is 4.25. The van der Waals surface area contributed by atoms with Gasteiger partial charge in [-0.2, -0.15) is 0 Å². The van der Waals surface area contributed by atoms with Gasteiger partial charge < -0.3 is 15.8 Å². The summed E-state index contributed by atoms with van der Waals surface area (Å²) in [6.45, 7) is 0.741. The van der Waals surface area contributed by atoms with Crippen molar-refractivity contribution in [3.05, 3.63) is 47.9 Å². The molecule has 0 spiro atoms. The van der Waals surface area contributed by atoms with Crippen LogP contribution in [0.4, 0.5) is 5.82 Å². The number of carbonyl (C=O) groups excluding carboxylic acids is 1. The highest BCUT2D eigenvalue weighted by atomic mass is 16.3. The molecule has 0 aliphatic heterocycles.